The quantitative estimate of drug-likeness (QED) is 0.854. The number of hydrogen-bond donors (Lipinski definition) is 1. The van der Waals surface area contributed by atoms with Crippen LogP contribution in [0, 0.1) is 0 Å². The van der Waals surface area contributed by atoms with Gasteiger partial charge in [0.25, 0.3) is 0 Å². The van der Waals surface area contributed by atoms with E-state index >= 15 is 0 Å². The Morgan fingerprint density at radius 2 is 1.87 bits per heavy atom. The fourth-order valence-corrected chi connectivity index (χ4v) is 1.48. The summed E-state index contributed by atoms with van der Waals surface area (Å²) in [6.07, 6.45) is 0. The van der Waals surface area contributed by atoms with E-state index in [0.717, 1.165) is 10.0 Å². The second-order valence-corrected chi connectivity index (χ2v) is 4.56. The smallest absolute Gasteiger partial charge is 0.241 e. The number of nitrogens with one attached hydrogen (secondary N) is 1. The van der Waals surface area contributed by atoms with Crippen LogP contribution in [-0.4, -0.2) is 25.0 Å². The molecular formula is C11H15BrN2O. The molecule has 15 heavy (non-hydrogen) atoms. The number of nitrogens with zero attached hydrogens (tertiary/aromatic N) is 1. The Kier molecular flexibility index (Phi) is 4.29. The lowest BCUT2D eigenvalue weighted by molar-refractivity contribution is -0.125. The third-order valence-electron chi connectivity index (χ3n) is 2.10. The molecule has 0 bridgehead atoms. The van der Waals surface area contributed by atoms with E-state index in [2.05, 4.69) is 21.4 Å². The summed E-state index contributed by atoms with van der Waals surface area (Å²) in [4.78, 5) is 11.7. The Balaban J connectivity index is 2.71. The predicted octanol–water partition coefficient (Wildman–Crippen LogP) is 2.15. The zero-order chi connectivity index (χ0) is 11.4. The number of benzene rings is 1. The SMILES string of the molecule is CC(C(=O)NN(C)C)c1ccc(Br)cc1. The number of carbonyl (C=O) groups is 1. The number of carbonyl (C=O) groups excluding carboxylic acids is 1. The lowest BCUT2D eigenvalue weighted by atomic mass is 10.0. The number of rotatable bonds is 3. The van der Waals surface area contributed by atoms with Crippen molar-refractivity contribution in [2.24, 2.45) is 0 Å². The summed E-state index contributed by atoms with van der Waals surface area (Å²) in [5, 5.41) is 1.65. The van der Waals surface area contributed by atoms with Gasteiger partial charge in [-0.15, -0.1) is 0 Å². The van der Waals surface area contributed by atoms with Gasteiger partial charge in [0.2, 0.25) is 5.91 Å². The summed E-state index contributed by atoms with van der Waals surface area (Å²) in [6.45, 7) is 1.89. The van der Waals surface area contributed by atoms with Gasteiger partial charge in [0.15, 0.2) is 0 Å². The molecule has 0 spiro atoms. The first-order valence-electron chi connectivity index (χ1n) is 4.74. The Labute approximate surface area is 98.6 Å². The molecule has 1 atom stereocenters. The molecule has 1 unspecified atom stereocenters. The van der Waals surface area contributed by atoms with Gasteiger partial charge in [-0.3, -0.25) is 10.2 Å². The molecule has 4 heteroatoms. The molecule has 1 amide bonds. The minimum atomic E-state index is -0.138. The van der Waals surface area contributed by atoms with Crippen LogP contribution in [0.5, 0.6) is 0 Å². The Hall–Kier alpha value is -0.870. The third kappa shape index (κ3) is 3.64. The van der Waals surface area contributed by atoms with Crippen molar-refractivity contribution in [3.63, 3.8) is 0 Å². The highest BCUT2D eigenvalue weighted by molar-refractivity contribution is 9.10. The molecule has 0 fully saturated rings. The van der Waals surface area contributed by atoms with Crippen molar-refractivity contribution in [2.75, 3.05) is 14.1 Å². The van der Waals surface area contributed by atoms with Gasteiger partial charge in [-0.2, -0.15) is 0 Å². The van der Waals surface area contributed by atoms with Gasteiger partial charge in [0.05, 0.1) is 5.92 Å². The van der Waals surface area contributed by atoms with E-state index in [0.29, 0.717) is 0 Å². The molecular weight excluding hydrogens is 256 g/mol. The Morgan fingerprint density at radius 1 is 1.33 bits per heavy atom. The van der Waals surface area contributed by atoms with Crippen molar-refractivity contribution in [1.82, 2.24) is 10.4 Å². The molecule has 0 aliphatic rings. The second kappa shape index (κ2) is 5.28. The maximum Gasteiger partial charge on any atom is 0.241 e. The van der Waals surface area contributed by atoms with Crippen molar-refractivity contribution < 1.29 is 4.79 Å². The first-order valence-corrected chi connectivity index (χ1v) is 5.53. The maximum absolute atomic E-state index is 11.7. The molecule has 0 saturated heterocycles. The van der Waals surface area contributed by atoms with Crippen LogP contribution in [0.4, 0.5) is 0 Å². The molecule has 82 valence electrons. The number of amides is 1. The van der Waals surface area contributed by atoms with Gasteiger partial charge in [-0.1, -0.05) is 28.1 Å². The third-order valence-corrected chi connectivity index (χ3v) is 2.63. The van der Waals surface area contributed by atoms with Crippen LogP contribution in [0.2, 0.25) is 0 Å². The highest BCUT2D eigenvalue weighted by Gasteiger charge is 2.14. The van der Waals surface area contributed by atoms with Gasteiger partial charge in [-0.25, -0.2) is 5.01 Å². The van der Waals surface area contributed by atoms with E-state index < -0.39 is 0 Å². The molecule has 1 aromatic rings. The van der Waals surface area contributed by atoms with Crippen LogP contribution in [0.3, 0.4) is 0 Å². The fraction of sp³-hybridized carbons (Fsp3) is 0.364. The monoisotopic (exact) mass is 270 g/mol. The summed E-state index contributed by atoms with van der Waals surface area (Å²) in [5.74, 6) is -0.136. The predicted molar refractivity (Wildman–Crippen MR) is 64.4 cm³/mol. The number of hydrazine groups is 1. The lowest BCUT2D eigenvalue weighted by Gasteiger charge is -2.16. The van der Waals surface area contributed by atoms with E-state index in [1.54, 1.807) is 19.1 Å². The highest BCUT2D eigenvalue weighted by Crippen LogP contribution is 2.18. The number of hydrogen-bond acceptors (Lipinski definition) is 2. The molecule has 0 heterocycles. The Morgan fingerprint density at radius 3 is 2.33 bits per heavy atom. The molecule has 1 rings (SSSR count). The first kappa shape index (κ1) is 12.2. The van der Waals surface area contributed by atoms with Crippen molar-refractivity contribution in [2.45, 2.75) is 12.8 Å². The van der Waals surface area contributed by atoms with Gasteiger partial charge in [-0.05, 0) is 24.6 Å². The standard InChI is InChI=1S/C11H15BrN2O/c1-8(11(15)13-14(2)3)9-4-6-10(12)7-5-9/h4-8H,1-3H3,(H,13,15). The summed E-state index contributed by atoms with van der Waals surface area (Å²) in [5.41, 5.74) is 3.75. The molecule has 0 aromatic heterocycles. The zero-order valence-electron chi connectivity index (χ0n) is 9.12. The minimum Gasteiger partial charge on any atom is -0.289 e. The van der Waals surface area contributed by atoms with Crippen LogP contribution in [0.25, 0.3) is 0 Å². The van der Waals surface area contributed by atoms with Crippen molar-refractivity contribution >= 4 is 21.8 Å². The summed E-state index contributed by atoms with van der Waals surface area (Å²) in [7, 11) is 3.60. The largest absolute Gasteiger partial charge is 0.289 e. The molecule has 0 aliphatic heterocycles. The van der Waals surface area contributed by atoms with Crippen molar-refractivity contribution in [3.05, 3.63) is 34.3 Å². The zero-order valence-corrected chi connectivity index (χ0v) is 10.7. The van der Waals surface area contributed by atoms with Gasteiger partial charge >= 0.3 is 0 Å². The minimum absolute atomic E-state index is 0.00215. The van der Waals surface area contributed by atoms with Crippen LogP contribution >= 0.6 is 15.9 Å². The van der Waals surface area contributed by atoms with Crippen LogP contribution in [0.1, 0.15) is 18.4 Å². The normalized spacial score (nSPS) is 12.6. The summed E-state index contributed by atoms with van der Waals surface area (Å²) < 4.78 is 1.02. The molecule has 1 N–H and O–H groups in total. The molecule has 0 radical (unpaired) electrons. The topological polar surface area (TPSA) is 32.3 Å². The van der Waals surface area contributed by atoms with E-state index in [1.165, 1.54) is 0 Å². The van der Waals surface area contributed by atoms with Gasteiger partial charge in [0, 0.05) is 18.6 Å². The average Bonchev–Trinajstić information content (AvgIpc) is 2.17. The second-order valence-electron chi connectivity index (χ2n) is 3.64. The van der Waals surface area contributed by atoms with Gasteiger partial charge in [0.1, 0.15) is 0 Å². The van der Waals surface area contributed by atoms with Gasteiger partial charge < -0.3 is 0 Å². The average molecular weight is 271 g/mol. The van der Waals surface area contributed by atoms with E-state index in [1.807, 2.05) is 31.2 Å². The molecule has 0 aliphatic carbocycles. The van der Waals surface area contributed by atoms with Crippen LogP contribution < -0.4 is 5.43 Å². The molecule has 1 aromatic carbocycles. The summed E-state index contributed by atoms with van der Waals surface area (Å²) in [6, 6.07) is 7.78. The fourth-order valence-electron chi connectivity index (χ4n) is 1.22. The molecule has 3 nitrogen and oxygen atoms in total. The number of halogens is 1. The Bertz CT molecular complexity index is 335. The summed E-state index contributed by atoms with van der Waals surface area (Å²) >= 11 is 3.36. The maximum atomic E-state index is 11.7. The van der Waals surface area contributed by atoms with Crippen molar-refractivity contribution in [3.8, 4) is 0 Å². The highest BCUT2D eigenvalue weighted by atomic mass is 79.9. The first-order chi connectivity index (χ1) is 7.00. The van der Waals surface area contributed by atoms with E-state index in [-0.39, 0.29) is 11.8 Å². The van der Waals surface area contributed by atoms with Crippen molar-refractivity contribution in [1.29, 1.82) is 0 Å². The molecule has 0 saturated carbocycles. The van der Waals surface area contributed by atoms with Crippen LogP contribution in [-0.2, 0) is 4.79 Å². The van der Waals surface area contributed by atoms with Crippen LogP contribution in [0.15, 0.2) is 28.7 Å². The van der Waals surface area contributed by atoms with E-state index in [9.17, 15) is 4.79 Å². The van der Waals surface area contributed by atoms with E-state index in [4.69, 9.17) is 0 Å². The lowest BCUT2D eigenvalue weighted by Crippen LogP contribution is -2.38.